The second-order valence-electron chi connectivity index (χ2n) is 5.35. The zero-order valence-electron chi connectivity index (χ0n) is 11.0. The van der Waals surface area contributed by atoms with Gasteiger partial charge in [-0.3, -0.25) is 4.79 Å². The molecule has 3 rings (SSSR count). The van der Waals surface area contributed by atoms with E-state index in [1.807, 2.05) is 0 Å². The molecule has 2 heterocycles. The van der Waals surface area contributed by atoms with Crippen LogP contribution < -0.4 is 11.1 Å². The molecule has 2 unspecified atom stereocenters. The predicted octanol–water partition coefficient (Wildman–Crippen LogP) is -0.0896. The monoisotopic (exact) mass is 295 g/mol. The Kier molecular flexibility index (Phi) is 3.27. The van der Waals surface area contributed by atoms with Crippen molar-refractivity contribution in [2.24, 2.45) is 5.73 Å². The number of hydrogen-bond donors (Lipinski definition) is 2. The number of amides is 1. The molecule has 2 fully saturated rings. The summed E-state index contributed by atoms with van der Waals surface area (Å²) < 4.78 is 26.7. The smallest absolute Gasteiger partial charge is 0.248 e. The number of rotatable bonds is 3. The second kappa shape index (κ2) is 4.83. The summed E-state index contributed by atoms with van der Waals surface area (Å²) in [7, 11) is -3.49. The van der Waals surface area contributed by atoms with Crippen LogP contribution in [0, 0.1) is 0 Å². The van der Waals surface area contributed by atoms with E-state index >= 15 is 0 Å². The van der Waals surface area contributed by atoms with Gasteiger partial charge in [-0.15, -0.1) is 0 Å². The summed E-state index contributed by atoms with van der Waals surface area (Å²) in [6.45, 7) is 1.02. The van der Waals surface area contributed by atoms with Gasteiger partial charge in [-0.25, -0.2) is 8.42 Å². The molecular weight excluding hydrogens is 278 g/mol. The Morgan fingerprint density at radius 3 is 2.20 bits per heavy atom. The molecule has 2 aliphatic rings. The highest BCUT2D eigenvalue weighted by molar-refractivity contribution is 7.89. The molecule has 0 radical (unpaired) electrons. The Balaban J connectivity index is 1.86. The minimum Gasteiger partial charge on any atom is -0.366 e. The van der Waals surface area contributed by atoms with Gasteiger partial charge in [0, 0.05) is 30.7 Å². The molecule has 0 aromatic heterocycles. The standard InChI is InChI=1S/C13H17N3O3S/c14-13(17)9-1-5-12(6-2-9)20(18,19)16-7-10-3-4-11(8-16)15-10/h1-2,5-6,10-11,15H,3-4,7-8H2,(H2,14,17). The number of primary amides is 1. The number of piperazine rings is 1. The third-order valence-corrected chi connectivity index (χ3v) is 5.81. The maximum Gasteiger partial charge on any atom is 0.248 e. The molecule has 2 atom stereocenters. The summed E-state index contributed by atoms with van der Waals surface area (Å²) in [5, 5.41) is 3.40. The first-order chi connectivity index (χ1) is 9.46. The van der Waals surface area contributed by atoms with Crippen molar-refractivity contribution >= 4 is 15.9 Å². The lowest BCUT2D eigenvalue weighted by molar-refractivity contribution is 0.1000. The van der Waals surface area contributed by atoms with Gasteiger partial charge >= 0.3 is 0 Å². The minimum absolute atomic E-state index is 0.212. The van der Waals surface area contributed by atoms with E-state index in [0.717, 1.165) is 12.8 Å². The highest BCUT2D eigenvalue weighted by Crippen LogP contribution is 2.25. The quantitative estimate of drug-likeness (QED) is 0.815. The Labute approximate surface area is 118 Å². The van der Waals surface area contributed by atoms with Gasteiger partial charge in [0.1, 0.15) is 0 Å². The van der Waals surface area contributed by atoms with Gasteiger partial charge in [0.25, 0.3) is 0 Å². The molecule has 0 saturated carbocycles. The van der Waals surface area contributed by atoms with Crippen molar-refractivity contribution in [2.45, 2.75) is 29.8 Å². The van der Waals surface area contributed by atoms with E-state index < -0.39 is 15.9 Å². The number of fused-ring (bicyclic) bond motifs is 2. The number of nitrogens with zero attached hydrogens (tertiary/aromatic N) is 1. The van der Waals surface area contributed by atoms with Crippen molar-refractivity contribution < 1.29 is 13.2 Å². The summed E-state index contributed by atoms with van der Waals surface area (Å²) in [6, 6.07) is 6.30. The van der Waals surface area contributed by atoms with Crippen LogP contribution in [-0.4, -0.2) is 43.8 Å². The summed E-state index contributed by atoms with van der Waals surface area (Å²) in [6.07, 6.45) is 2.05. The number of benzene rings is 1. The van der Waals surface area contributed by atoms with Gasteiger partial charge in [0.05, 0.1) is 4.90 Å². The van der Waals surface area contributed by atoms with Crippen LogP contribution in [0.15, 0.2) is 29.2 Å². The molecule has 2 saturated heterocycles. The van der Waals surface area contributed by atoms with Crippen LogP contribution in [0.5, 0.6) is 0 Å². The van der Waals surface area contributed by atoms with E-state index in [2.05, 4.69) is 5.32 Å². The molecule has 108 valence electrons. The molecular formula is C13H17N3O3S. The van der Waals surface area contributed by atoms with Gasteiger partial charge in [-0.2, -0.15) is 4.31 Å². The molecule has 1 amide bonds. The van der Waals surface area contributed by atoms with Crippen molar-refractivity contribution in [3.05, 3.63) is 29.8 Å². The SMILES string of the molecule is NC(=O)c1ccc(S(=O)(=O)N2CC3CCC(C2)N3)cc1. The number of hydrogen-bond acceptors (Lipinski definition) is 4. The van der Waals surface area contributed by atoms with Crippen molar-refractivity contribution in [3.63, 3.8) is 0 Å². The summed E-state index contributed by atoms with van der Waals surface area (Å²) >= 11 is 0. The van der Waals surface area contributed by atoms with Crippen LogP contribution in [0.4, 0.5) is 0 Å². The zero-order valence-corrected chi connectivity index (χ0v) is 11.8. The molecule has 0 spiro atoms. The summed E-state index contributed by atoms with van der Waals surface area (Å²) in [5.41, 5.74) is 5.46. The van der Waals surface area contributed by atoms with Gasteiger partial charge in [0.2, 0.25) is 15.9 Å². The first kappa shape index (κ1) is 13.5. The molecule has 2 bridgehead atoms. The number of sulfonamides is 1. The first-order valence-electron chi connectivity index (χ1n) is 6.63. The van der Waals surface area contributed by atoms with Crippen LogP contribution in [0.1, 0.15) is 23.2 Å². The normalized spacial score (nSPS) is 26.6. The lowest BCUT2D eigenvalue weighted by atomic mass is 10.2. The van der Waals surface area contributed by atoms with Gasteiger partial charge in [-0.1, -0.05) is 0 Å². The first-order valence-corrected chi connectivity index (χ1v) is 8.07. The van der Waals surface area contributed by atoms with Crippen LogP contribution in [0.25, 0.3) is 0 Å². The molecule has 2 aliphatic heterocycles. The molecule has 3 N–H and O–H groups in total. The number of nitrogens with one attached hydrogen (secondary N) is 1. The lowest BCUT2D eigenvalue weighted by Gasteiger charge is -2.31. The summed E-state index contributed by atoms with van der Waals surface area (Å²) in [5.74, 6) is -0.561. The number of nitrogens with two attached hydrogens (primary N) is 1. The van der Waals surface area contributed by atoms with Crippen molar-refractivity contribution in [2.75, 3.05) is 13.1 Å². The fraction of sp³-hybridized carbons (Fsp3) is 0.462. The largest absolute Gasteiger partial charge is 0.366 e. The van der Waals surface area contributed by atoms with Gasteiger partial charge < -0.3 is 11.1 Å². The second-order valence-corrected chi connectivity index (χ2v) is 7.29. The molecule has 0 aliphatic carbocycles. The van der Waals surface area contributed by atoms with E-state index in [1.165, 1.54) is 28.6 Å². The molecule has 20 heavy (non-hydrogen) atoms. The van der Waals surface area contributed by atoms with Crippen LogP contribution in [0.3, 0.4) is 0 Å². The van der Waals surface area contributed by atoms with Gasteiger partial charge in [0.15, 0.2) is 0 Å². The van der Waals surface area contributed by atoms with E-state index in [-0.39, 0.29) is 17.0 Å². The fourth-order valence-electron chi connectivity index (χ4n) is 2.89. The highest BCUT2D eigenvalue weighted by atomic mass is 32.2. The number of carbonyl (C=O) groups excluding carboxylic acids is 1. The van der Waals surface area contributed by atoms with E-state index in [9.17, 15) is 13.2 Å². The van der Waals surface area contributed by atoms with Crippen LogP contribution >= 0.6 is 0 Å². The maximum atomic E-state index is 12.6. The van der Waals surface area contributed by atoms with Crippen LogP contribution in [0.2, 0.25) is 0 Å². The molecule has 1 aromatic carbocycles. The number of carbonyl (C=O) groups is 1. The molecule has 1 aromatic rings. The van der Waals surface area contributed by atoms with Crippen molar-refractivity contribution in [1.29, 1.82) is 0 Å². The zero-order chi connectivity index (χ0) is 14.3. The third kappa shape index (κ3) is 2.32. The summed E-state index contributed by atoms with van der Waals surface area (Å²) in [4.78, 5) is 11.2. The van der Waals surface area contributed by atoms with E-state index in [4.69, 9.17) is 5.73 Å². The topological polar surface area (TPSA) is 92.5 Å². The average Bonchev–Trinajstić information content (AvgIpc) is 2.77. The fourth-order valence-corrected chi connectivity index (χ4v) is 4.42. The molecule has 6 nitrogen and oxygen atoms in total. The minimum atomic E-state index is -3.49. The van der Waals surface area contributed by atoms with Crippen molar-refractivity contribution in [3.8, 4) is 0 Å². The highest BCUT2D eigenvalue weighted by Gasteiger charge is 2.37. The Hall–Kier alpha value is -1.44. The van der Waals surface area contributed by atoms with E-state index in [1.54, 1.807) is 0 Å². The average molecular weight is 295 g/mol. The van der Waals surface area contributed by atoms with E-state index in [0.29, 0.717) is 18.7 Å². The lowest BCUT2D eigenvalue weighted by Crippen LogP contribution is -2.52. The third-order valence-electron chi connectivity index (χ3n) is 3.96. The van der Waals surface area contributed by atoms with Crippen molar-refractivity contribution in [1.82, 2.24) is 9.62 Å². The van der Waals surface area contributed by atoms with Crippen LogP contribution in [-0.2, 0) is 10.0 Å². The molecule has 7 heteroatoms. The maximum absolute atomic E-state index is 12.6. The Morgan fingerprint density at radius 1 is 1.15 bits per heavy atom. The predicted molar refractivity (Wildman–Crippen MR) is 73.7 cm³/mol. The Morgan fingerprint density at radius 2 is 1.70 bits per heavy atom. The Bertz CT molecular complexity index is 615. The van der Waals surface area contributed by atoms with Gasteiger partial charge in [-0.05, 0) is 37.1 Å².